The molecule has 1 N–H and O–H groups in total. The van der Waals surface area contributed by atoms with Crippen molar-refractivity contribution < 1.29 is 4.79 Å². The van der Waals surface area contributed by atoms with Crippen molar-refractivity contribution in [3.8, 4) is 11.4 Å². The zero-order chi connectivity index (χ0) is 18.5. The maximum absolute atomic E-state index is 13.0. The van der Waals surface area contributed by atoms with Gasteiger partial charge in [0.05, 0.1) is 10.6 Å². The Morgan fingerprint density at radius 1 is 1.26 bits per heavy atom. The summed E-state index contributed by atoms with van der Waals surface area (Å²) in [6, 6.07) is 5.60. The van der Waals surface area contributed by atoms with Crippen LogP contribution in [0.25, 0.3) is 11.4 Å². The fraction of sp³-hybridized carbons (Fsp3) is 0.316. The molecule has 138 valence electrons. The van der Waals surface area contributed by atoms with Crippen LogP contribution in [0.3, 0.4) is 0 Å². The molecule has 0 spiro atoms. The predicted molar refractivity (Wildman–Crippen MR) is 104 cm³/mol. The first-order valence-electron chi connectivity index (χ1n) is 8.87. The van der Waals surface area contributed by atoms with E-state index < -0.39 is 0 Å². The lowest BCUT2D eigenvalue weighted by Gasteiger charge is -2.42. The average Bonchev–Trinajstić information content (AvgIpc) is 3.33. The lowest BCUT2D eigenvalue weighted by Crippen LogP contribution is -2.49. The summed E-state index contributed by atoms with van der Waals surface area (Å²) in [5.41, 5.74) is 1.57. The molecule has 0 saturated carbocycles. The van der Waals surface area contributed by atoms with Crippen LogP contribution in [0.1, 0.15) is 27.7 Å². The van der Waals surface area contributed by atoms with E-state index in [1.165, 1.54) is 11.3 Å². The molecular weight excluding hydrogens is 384 g/mol. The third-order valence-corrected chi connectivity index (χ3v) is 6.79. The molecule has 0 radical (unpaired) electrons. The Labute approximate surface area is 164 Å². The molecule has 3 aromatic rings. The lowest BCUT2D eigenvalue weighted by molar-refractivity contribution is 0.0599. The number of aromatic nitrogens is 3. The van der Waals surface area contributed by atoms with Crippen molar-refractivity contribution in [2.75, 3.05) is 13.1 Å². The van der Waals surface area contributed by atoms with Crippen molar-refractivity contribution in [2.45, 2.75) is 18.9 Å². The number of rotatable bonds is 2. The summed E-state index contributed by atoms with van der Waals surface area (Å²) in [6.07, 6.45) is 4.36. The molecule has 6 nitrogen and oxygen atoms in total. The highest BCUT2D eigenvalue weighted by Gasteiger charge is 2.37. The van der Waals surface area contributed by atoms with E-state index in [1.54, 1.807) is 18.5 Å². The number of nitrogens with one attached hydrogen (secondary N) is 1. The van der Waals surface area contributed by atoms with Gasteiger partial charge in [-0.25, -0.2) is 4.98 Å². The van der Waals surface area contributed by atoms with Gasteiger partial charge in [0.25, 0.3) is 11.5 Å². The number of amides is 1. The quantitative estimate of drug-likeness (QED) is 0.718. The minimum Gasteiger partial charge on any atom is -0.344 e. The van der Waals surface area contributed by atoms with Gasteiger partial charge >= 0.3 is 0 Å². The van der Waals surface area contributed by atoms with E-state index in [-0.39, 0.29) is 23.3 Å². The summed E-state index contributed by atoms with van der Waals surface area (Å²) < 4.78 is 1.87. The van der Waals surface area contributed by atoms with E-state index in [4.69, 9.17) is 11.6 Å². The fourth-order valence-corrected chi connectivity index (χ4v) is 5.40. The maximum Gasteiger partial charge on any atom is 0.265 e. The van der Waals surface area contributed by atoms with Crippen LogP contribution in [-0.4, -0.2) is 38.4 Å². The largest absolute Gasteiger partial charge is 0.344 e. The highest BCUT2D eigenvalue weighted by atomic mass is 35.5. The fourth-order valence-electron chi connectivity index (χ4n) is 4.29. The molecule has 5 rings (SSSR count). The highest BCUT2D eigenvalue weighted by Crippen LogP contribution is 2.37. The van der Waals surface area contributed by atoms with Gasteiger partial charge in [-0.2, -0.15) is 0 Å². The number of nitrogens with zero attached hydrogens (tertiary/aromatic N) is 3. The van der Waals surface area contributed by atoms with E-state index in [2.05, 4.69) is 9.97 Å². The normalized spacial score (nSPS) is 21.1. The molecule has 1 fully saturated rings. The molecule has 2 aliphatic rings. The van der Waals surface area contributed by atoms with Gasteiger partial charge in [0.15, 0.2) is 0 Å². The van der Waals surface area contributed by atoms with Gasteiger partial charge in [-0.3, -0.25) is 9.59 Å². The molecule has 0 unspecified atom stereocenters. The summed E-state index contributed by atoms with van der Waals surface area (Å²) >= 11 is 7.53. The first-order valence-corrected chi connectivity index (χ1v) is 10.1. The topological polar surface area (TPSA) is 71.0 Å². The number of carbonyl (C=O) groups excluding carboxylic acids is 1. The number of imidazole rings is 1. The minimum absolute atomic E-state index is 0.00676. The molecule has 0 aromatic carbocycles. The second-order valence-corrected chi connectivity index (χ2v) is 8.46. The number of pyridine rings is 1. The monoisotopic (exact) mass is 400 g/mol. The predicted octanol–water partition coefficient (Wildman–Crippen LogP) is 3.21. The third kappa shape index (κ3) is 2.73. The standard InChI is InChI=1S/C19H17ClN4O2S/c20-14-3-6-27-16(14)19(26)23-8-11-7-12(10-23)15-2-1-13(17-21-4-5-22-17)18(25)24(15)9-11/h1-6,11-12H,7-10H2,(H,21,22)/t11-,12+/m0/s1. The van der Waals surface area contributed by atoms with E-state index >= 15 is 0 Å². The number of carbonyl (C=O) groups is 1. The minimum atomic E-state index is -0.0155. The van der Waals surface area contributed by atoms with Gasteiger partial charge in [0, 0.05) is 43.6 Å². The molecule has 5 heterocycles. The number of aromatic amines is 1. The number of likely N-dealkylation sites (tertiary alicyclic amines) is 1. The van der Waals surface area contributed by atoms with Crippen molar-refractivity contribution in [2.24, 2.45) is 5.92 Å². The SMILES string of the molecule is O=C(c1sccc1Cl)N1C[C@@H]2C[C@H](C1)c1ccc(-c3ncc[nH]3)c(=O)n1C2. The average molecular weight is 401 g/mol. The van der Waals surface area contributed by atoms with Crippen molar-refractivity contribution in [3.63, 3.8) is 0 Å². The van der Waals surface area contributed by atoms with Crippen molar-refractivity contribution in [1.82, 2.24) is 19.4 Å². The van der Waals surface area contributed by atoms with E-state index in [0.717, 1.165) is 12.1 Å². The summed E-state index contributed by atoms with van der Waals surface area (Å²) in [4.78, 5) is 35.6. The molecule has 3 aromatic heterocycles. The van der Waals surface area contributed by atoms with E-state index in [0.29, 0.717) is 40.9 Å². The van der Waals surface area contributed by atoms with E-state index in [1.807, 2.05) is 27.0 Å². The highest BCUT2D eigenvalue weighted by molar-refractivity contribution is 7.12. The van der Waals surface area contributed by atoms with Gasteiger partial charge in [-0.1, -0.05) is 11.6 Å². The molecule has 1 amide bonds. The van der Waals surface area contributed by atoms with Gasteiger partial charge in [-0.15, -0.1) is 11.3 Å². The Morgan fingerprint density at radius 2 is 2.15 bits per heavy atom. The summed E-state index contributed by atoms with van der Waals surface area (Å²) in [5.74, 6) is 1.02. The summed E-state index contributed by atoms with van der Waals surface area (Å²) in [7, 11) is 0. The van der Waals surface area contributed by atoms with Crippen molar-refractivity contribution >= 4 is 28.8 Å². The maximum atomic E-state index is 13.0. The Balaban J connectivity index is 1.48. The van der Waals surface area contributed by atoms with Gasteiger partial charge in [-0.05, 0) is 35.9 Å². The molecule has 2 aliphatic heterocycles. The van der Waals surface area contributed by atoms with Crippen LogP contribution in [0.15, 0.2) is 40.8 Å². The van der Waals surface area contributed by atoms with Crippen molar-refractivity contribution in [3.05, 3.63) is 61.9 Å². The van der Waals surface area contributed by atoms with Gasteiger partial charge in [0.2, 0.25) is 0 Å². The van der Waals surface area contributed by atoms with E-state index in [9.17, 15) is 9.59 Å². The smallest absolute Gasteiger partial charge is 0.265 e. The molecule has 1 saturated heterocycles. The number of hydrogen-bond acceptors (Lipinski definition) is 4. The van der Waals surface area contributed by atoms with Crippen LogP contribution < -0.4 is 5.56 Å². The molecule has 27 heavy (non-hydrogen) atoms. The van der Waals surface area contributed by atoms with Crippen LogP contribution in [0.2, 0.25) is 5.02 Å². The molecule has 0 aliphatic carbocycles. The zero-order valence-corrected chi connectivity index (χ0v) is 16.0. The van der Waals surface area contributed by atoms with Crippen LogP contribution in [0.5, 0.6) is 0 Å². The zero-order valence-electron chi connectivity index (χ0n) is 14.4. The first kappa shape index (κ1) is 16.8. The van der Waals surface area contributed by atoms with Crippen LogP contribution in [0, 0.1) is 5.92 Å². The summed E-state index contributed by atoms with van der Waals surface area (Å²) in [6.45, 7) is 1.89. The number of halogens is 1. The number of H-pyrrole nitrogens is 1. The molecule has 2 atom stereocenters. The Hall–Kier alpha value is -2.38. The van der Waals surface area contributed by atoms with Crippen molar-refractivity contribution in [1.29, 1.82) is 0 Å². The third-order valence-electron chi connectivity index (χ3n) is 5.46. The molecule has 2 bridgehead atoms. The lowest BCUT2D eigenvalue weighted by atomic mass is 9.83. The molecule has 8 heteroatoms. The molecular formula is C19H17ClN4O2S. The second-order valence-electron chi connectivity index (χ2n) is 7.13. The Morgan fingerprint density at radius 3 is 2.89 bits per heavy atom. The Kier molecular flexibility index (Phi) is 3.94. The van der Waals surface area contributed by atoms with Crippen LogP contribution in [0.4, 0.5) is 0 Å². The summed E-state index contributed by atoms with van der Waals surface area (Å²) in [5, 5.41) is 2.35. The number of piperidine rings is 1. The number of thiophene rings is 1. The Bertz CT molecular complexity index is 1070. The van der Waals surface area contributed by atoms with Crippen LogP contribution >= 0.6 is 22.9 Å². The number of fused-ring (bicyclic) bond motifs is 4. The van der Waals surface area contributed by atoms with Gasteiger partial charge < -0.3 is 14.5 Å². The van der Waals surface area contributed by atoms with Crippen LogP contribution in [-0.2, 0) is 6.54 Å². The van der Waals surface area contributed by atoms with Gasteiger partial charge in [0.1, 0.15) is 10.7 Å². The second kappa shape index (κ2) is 6.35. The first-order chi connectivity index (χ1) is 13.1. The number of hydrogen-bond donors (Lipinski definition) is 1.